The molecule has 31 heavy (non-hydrogen) atoms. The molecule has 0 bridgehead atoms. The summed E-state index contributed by atoms with van der Waals surface area (Å²) in [5.74, 6) is -1.79. The zero-order valence-corrected chi connectivity index (χ0v) is 17.8. The van der Waals surface area contributed by atoms with Crippen molar-refractivity contribution in [2.24, 2.45) is 0 Å². The second kappa shape index (κ2) is 9.49. The van der Waals surface area contributed by atoms with Gasteiger partial charge < -0.3 is 24.1 Å². The minimum absolute atomic E-state index is 0.0251. The molecule has 2 aliphatic rings. The molecule has 7 nitrogen and oxygen atoms in total. The van der Waals surface area contributed by atoms with Crippen LogP contribution in [0.3, 0.4) is 0 Å². The number of morpholine rings is 1. The number of ether oxygens (including phenoxy) is 1. The van der Waals surface area contributed by atoms with Crippen LogP contribution in [0.1, 0.15) is 41.1 Å². The Bertz CT molecular complexity index is 943. The third-order valence-electron chi connectivity index (χ3n) is 6.11. The van der Waals surface area contributed by atoms with E-state index in [1.54, 1.807) is 11.0 Å². The van der Waals surface area contributed by atoms with E-state index in [0.29, 0.717) is 6.54 Å². The van der Waals surface area contributed by atoms with Crippen LogP contribution in [0.5, 0.6) is 0 Å². The van der Waals surface area contributed by atoms with Gasteiger partial charge in [-0.2, -0.15) is 0 Å². The molecule has 1 fully saturated rings. The molecule has 1 N–H and O–H groups in total. The Morgan fingerprint density at radius 1 is 1.19 bits per heavy atom. The molecule has 1 amide bonds. The SMILES string of the molecule is CCc1ccc(C2C(C(=O)c3ccco3)=C([O-])C(=O)N2CCC[NH+]2CCOCC2)cc1. The number of furan rings is 1. The average Bonchev–Trinajstić information content (AvgIpc) is 3.43. The van der Waals surface area contributed by atoms with Crippen molar-refractivity contribution in [1.29, 1.82) is 0 Å². The number of Topliss-reactive ketones (excluding diaryl/α,β-unsaturated/α-hetero) is 1. The van der Waals surface area contributed by atoms with E-state index in [1.165, 1.54) is 17.2 Å². The highest BCUT2D eigenvalue weighted by molar-refractivity contribution is 6.14. The van der Waals surface area contributed by atoms with Crippen LogP contribution in [0.4, 0.5) is 0 Å². The number of carbonyl (C=O) groups is 2. The Kier molecular flexibility index (Phi) is 6.53. The van der Waals surface area contributed by atoms with E-state index in [-0.39, 0.29) is 11.3 Å². The van der Waals surface area contributed by atoms with E-state index in [0.717, 1.165) is 56.8 Å². The van der Waals surface area contributed by atoms with Crippen LogP contribution in [-0.4, -0.2) is 56.0 Å². The summed E-state index contributed by atoms with van der Waals surface area (Å²) in [5.41, 5.74) is 1.90. The molecule has 1 saturated heterocycles. The van der Waals surface area contributed by atoms with Crippen molar-refractivity contribution in [3.63, 3.8) is 0 Å². The van der Waals surface area contributed by atoms with Gasteiger partial charge in [-0.05, 0) is 35.4 Å². The number of carbonyl (C=O) groups excluding carboxylic acids is 2. The minimum atomic E-state index is -0.732. The van der Waals surface area contributed by atoms with Gasteiger partial charge in [0.2, 0.25) is 11.7 Å². The first-order valence-corrected chi connectivity index (χ1v) is 10.9. The lowest BCUT2D eigenvalue weighted by Crippen LogP contribution is -3.14. The van der Waals surface area contributed by atoms with Crippen LogP contribution in [0.25, 0.3) is 0 Å². The highest BCUT2D eigenvalue weighted by atomic mass is 16.5. The lowest BCUT2D eigenvalue weighted by Gasteiger charge is -2.29. The van der Waals surface area contributed by atoms with Crippen molar-refractivity contribution in [1.82, 2.24) is 4.90 Å². The predicted octanol–water partition coefficient (Wildman–Crippen LogP) is 0.528. The highest BCUT2D eigenvalue weighted by Crippen LogP contribution is 2.38. The highest BCUT2D eigenvalue weighted by Gasteiger charge is 2.40. The van der Waals surface area contributed by atoms with Crippen LogP contribution in [0.2, 0.25) is 0 Å². The van der Waals surface area contributed by atoms with Gasteiger partial charge in [0.1, 0.15) is 13.1 Å². The lowest BCUT2D eigenvalue weighted by molar-refractivity contribution is -0.908. The molecule has 1 aromatic carbocycles. The van der Waals surface area contributed by atoms with Gasteiger partial charge >= 0.3 is 0 Å². The fourth-order valence-electron chi connectivity index (χ4n) is 4.33. The summed E-state index contributed by atoms with van der Waals surface area (Å²) in [6.45, 7) is 6.77. The summed E-state index contributed by atoms with van der Waals surface area (Å²) in [7, 11) is 0. The maximum atomic E-state index is 13.1. The third-order valence-corrected chi connectivity index (χ3v) is 6.11. The monoisotopic (exact) mass is 424 g/mol. The first-order chi connectivity index (χ1) is 15.1. The number of aryl methyl sites for hydroxylation is 1. The quantitative estimate of drug-likeness (QED) is 0.625. The summed E-state index contributed by atoms with van der Waals surface area (Å²) >= 11 is 0. The topological polar surface area (TPSA) is 87.2 Å². The van der Waals surface area contributed by atoms with Crippen LogP contribution in [0.15, 0.2) is 58.4 Å². The number of rotatable bonds is 8. The lowest BCUT2D eigenvalue weighted by atomic mass is 9.94. The summed E-state index contributed by atoms with van der Waals surface area (Å²) < 4.78 is 10.6. The number of benzene rings is 1. The average molecular weight is 424 g/mol. The van der Waals surface area contributed by atoms with Gasteiger partial charge in [0.15, 0.2) is 5.76 Å². The Labute approximate surface area is 181 Å². The van der Waals surface area contributed by atoms with Crippen molar-refractivity contribution in [2.45, 2.75) is 25.8 Å². The second-order valence-electron chi connectivity index (χ2n) is 8.01. The summed E-state index contributed by atoms with van der Waals surface area (Å²) in [4.78, 5) is 29.0. The molecule has 3 heterocycles. The number of hydrogen-bond donors (Lipinski definition) is 1. The minimum Gasteiger partial charge on any atom is -0.868 e. The summed E-state index contributed by atoms with van der Waals surface area (Å²) in [6.07, 6.45) is 3.03. The van der Waals surface area contributed by atoms with Gasteiger partial charge in [0.25, 0.3) is 0 Å². The molecule has 0 radical (unpaired) electrons. The Morgan fingerprint density at radius 2 is 1.94 bits per heavy atom. The van der Waals surface area contributed by atoms with Crippen LogP contribution in [0, 0.1) is 0 Å². The molecular weight excluding hydrogens is 396 g/mol. The number of quaternary nitrogens is 1. The van der Waals surface area contributed by atoms with Crippen LogP contribution in [-0.2, 0) is 16.0 Å². The molecule has 1 aromatic heterocycles. The number of nitrogens with zero attached hydrogens (tertiary/aromatic N) is 1. The fraction of sp³-hybridized carbons (Fsp3) is 0.417. The molecule has 1 atom stereocenters. The zero-order valence-electron chi connectivity index (χ0n) is 17.8. The van der Waals surface area contributed by atoms with Gasteiger partial charge in [-0.1, -0.05) is 31.2 Å². The standard InChI is InChI=1S/C24H28N2O5/c1-2-17-6-8-18(9-7-17)21-20(22(27)19-5-3-14-31-19)23(28)24(29)26(21)11-4-10-25-12-15-30-16-13-25/h3,5-9,14,21,28H,2,4,10-13,15-16H2,1H3. The summed E-state index contributed by atoms with van der Waals surface area (Å²) in [6, 6.07) is 10.2. The maximum Gasteiger partial charge on any atom is 0.239 e. The van der Waals surface area contributed by atoms with E-state index >= 15 is 0 Å². The summed E-state index contributed by atoms with van der Waals surface area (Å²) in [5, 5.41) is 12.9. The first kappa shape index (κ1) is 21.3. The van der Waals surface area contributed by atoms with E-state index in [2.05, 4.69) is 6.92 Å². The van der Waals surface area contributed by atoms with Crippen molar-refractivity contribution in [3.8, 4) is 0 Å². The second-order valence-corrected chi connectivity index (χ2v) is 8.01. The molecule has 7 heteroatoms. The molecule has 164 valence electrons. The van der Waals surface area contributed by atoms with E-state index in [4.69, 9.17) is 9.15 Å². The molecule has 4 rings (SSSR count). The first-order valence-electron chi connectivity index (χ1n) is 10.9. The maximum absolute atomic E-state index is 13.1. The van der Waals surface area contributed by atoms with E-state index in [1.807, 2.05) is 24.3 Å². The molecule has 2 aromatic rings. The zero-order chi connectivity index (χ0) is 21.8. The van der Waals surface area contributed by atoms with Crippen LogP contribution < -0.4 is 10.0 Å². The molecule has 2 aliphatic heterocycles. The van der Waals surface area contributed by atoms with Gasteiger partial charge in [0.05, 0.1) is 32.1 Å². The largest absolute Gasteiger partial charge is 0.868 e. The van der Waals surface area contributed by atoms with Crippen molar-refractivity contribution < 1.29 is 28.7 Å². The third kappa shape index (κ3) is 4.43. The number of amides is 1. The van der Waals surface area contributed by atoms with Crippen LogP contribution >= 0.6 is 0 Å². The molecule has 1 unspecified atom stereocenters. The van der Waals surface area contributed by atoms with Gasteiger partial charge in [-0.3, -0.25) is 9.59 Å². The van der Waals surface area contributed by atoms with E-state index < -0.39 is 23.5 Å². The normalized spacial score (nSPS) is 20.0. The van der Waals surface area contributed by atoms with Gasteiger partial charge in [-0.15, -0.1) is 0 Å². The van der Waals surface area contributed by atoms with Gasteiger partial charge in [-0.25, -0.2) is 0 Å². The van der Waals surface area contributed by atoms with E-state index in [9.17, 15) is 14.7 Å². The molecule has 0 saturated carbocycles. The molecule has 0 aliphatic carbocycles. The Morgan fingerprint density at radius 3 is 2.58 bits per heavy atom. The number of hydrogen-bond acceptors (Lipinski definition) is 5. The number of ketones is 1. The molecular formula is C24H28N2O5. The van der Waals surface area contributed by atoms with Crippen molar-refractivity contribution >= 4 is 11.7 Å². The fourth-order valence-corrected chi connectivity index (χ4v) is 4.33. The smallest absolute Gasteiger partial charge is 0.239 e. The van der Waals surface area contributed by atoms with Crippen molar-refractivity contribution in [2.75, 3.05) is 39.4 Å². The predicted molar refractivity (Wildman–Crippen MR) is 111 cm³/mol. The number of nitrogens with one attached hydrogen (secondary N) is 1. The Hall–Kier alpha value is -2.90. The van der Waals surface area contributed by atoms with Crippen molar-refractivity contribution in [3.05, 3.63) is 70.9 Å². The Balaban J connectivity index is 1.59. The molecule has 0 spiro atoms. The van der Waals surface area contributed by atoms with Gasteiger partial charge in [0, 0.05) is 18.5 Å².